The highest BCUT2D eigenvalue weighted by molar-refractivity contribution is 7.89. The topological polar surface area (TPSA) is 84.9 Å². The van der Waals surface area contributed by atoms with Crippen molar-refractivity contribution in [2.45, 2.75) is 62.5 Å². The highest BCUT2D eigenvalue weighted by Gasteiger charge is 2.40. The van der Waals surface area contributed by atoms with E-state index in [0.29, 0.717) is 31.7 Å². The van der Waals surface area contributed by atoms with E-state index in [-0.39, 0.29) is 28.4 Å². The Labute approximate surface area is 202 Å². The van der Waals surface area contributed by atoms with Crippen molar-refractivity contribution < 1.29 is 22.7 Å². The van der Waals surface area contributed by atoms with Crippen molar-refractivity contribution in [1.29, 1.82) is 0 Å². The van der Waals surface area contributed by atoms with Gasteiger partial charge in [-0.2, -0.15) is 4.31 Å². The average molecular weight is 487 g/mol. The van der Waals surface area contributed by atoms with Crippen LogP contribution in [0.3, 0.4) is 0 Å². The van der Waals surface area contributed by atoms with Crippen LogP contribution in [0.15, 0.2) is 53.4 Å². The summed E-state index contributed by atoms with van der Waals surface area (Å²) in [4.78, 5) is 13.5. The number of hydrogen-bond acceptors (Lipinski definition) is 5. The first-order chi connectivity index (χ1) is 16.3. The van der Waals surface area contributed by atoms with Crippen LogP contribution in [0.5, 0.6) is 11.5 Å². The number of piperidine rings is 1. The number of para-hydroxylation sites is 1. The fourth-order valence-electron chi connectivity index (χ4n) is 4.97. The second-order valence-corrected chi connectivity index (χ2v) is 11.1. The van der Waals surface area contributed by atoms with E-state index in [0.717, 1.165) is 30.6 Å². The number of sulfonamides is 1. The molecule has 2 aromatic carbocycles. The third-order valence-electron chi connectivity index (χ3n) is 7.32. The first kappa shape index (κ1) is 24.5. The van der Waals surface area contributed by atoms with E-state index < -0.39 is 10.0 Å². The van der Waals surface area contributed by atoms with E-state index >= 15 is 0 Å². The lowest BCUT2D eigenvalue weighted by Gasteiger charge is -2.42. The fourth-order valence-corrected chi connectivity index (χ4v) is 6.44. The Hall–Kier alpha value is -2.58. The van der Waals surface area contributed by atoms with Gasteiger partial charge >= 0.3 is 0 Å². The third-order valence-corrected chi connectivity index (χ3v) is 9.24. The molecule has 0 aromatic heterocycles. The number of carbonyl (C=O) groups excluding carboxylic acids is 1. The Morgan fingerprint density at radius 3 is 2.35 bits per heavy atom. The van der Waals surface area contributed by atoms with Gasteiger partial charge in [-0.1, -0.05) is 32.0 Å². The van der Waals surface area contributed by atoms with Gasteiger partial charge < -0.3 is 14.8 Å². The molecule has 2 aliphatic heterocycles. The zero-order valence-corrected chi connectivity index (χ0v) is 20.9. The minimum atomic E-state index is -3.60. The normalized spacial score (nSPS) is 20.7. The maximum absolute atomic E-state index is 13.2. The maximum atomic E-state index is 13.2. The molecule has 0 spiro atoms. The van der Waals surface area contributed by atoms with Gasteiger partial charge in [0.05, 0.1) is 18.0 Å². The molecule has 2 aromatic rings. The summed E-state index contributed by atoms with van der Waals surface area (Å²) in [6.45, 7) is 4.89. The Morgan fingerprint density at radius 1 is 1.09 bits per heavy atom. The number of nitrogens with zero attached hydrogens (tertiary/aromatic N) is 1. The van der Waals surface area contributed by atoms with E-state index in [9.17, 15) is 13.2 Å². The molecule has 1 fully saturated rings. The molecule has 2 heterocycles. The monoisotopic (exact) mass is 486 g/mol. The van der Waals surface area contributed by atoms with Gasteiger partial charge in [0.2, 0.25) is 15.9 Å². The Balaban J connectivity index is 1.42. The van der Waals surface area contributed by atoms with Crippen LogP contribution in [0.25, 0.3) is 0 Å². The van der Waals surface area contributed by atoms with Crippen LogP contribution >= 0.6 is 0 Å². The smallest absolute Gasteiger partial charge is 0.243 e. The van der Waals surface area contributed by atoms with E-state index in [2.05, 4.69) is 19.2 Å². The molecule has 4 rings (SSSR count). The van der Waals surface area contributed by atoms with Crippen LogP contribution in [-0.2, 0) is 14.8 Å². The molecule has 1 saturated heterocycles. The predicted octanol–water partition coefficient (Wildman–Crippen LogP) is 4.29. The molecule has 0 aliphatic carbocycles. The number of nitrogens with one attached hydrogen (secondary N) is 1. The summed E-state index contributed by atoms with van der Waals surface area (Å²) in [7, 11) is -2.05. The van der Waals surface area contributed by atoms with E-state index in [1.54, 1.807) is 31.4 Å². The molecule has 1 amide bonds. The zero-order chi connectivity index (χ0) is 24.3. The van der Waals surface area contributed by atoms with E-state index in [4.69, 9.17) is 9.47 Å². The van der Waals surface area contributed by atoms with Crippen LogP contribution in [0.2, 0.25) is 0 Å². The van der Waals surface area contributed by atoms with E-state index in [1.165, 1.54) is 4.31 Å². The minimum absolute atomic E-state index is 0.00990. The Bertz CT molecular complexity index is 1100. The Morgan fingerprint density at radius 2 is 1.74 bits per heavy atom. The largest absolute Gasteiger partial charge is 0.497 e. The average Bonchev–Trinajstić information content (AvgIpc) is 2.88. The van der Waals surface area contributed by atoms with Gasteiger partial charge in [0.25, 0.3) is 0 Å². The molecule has 2 aliphatic rings. The number of amides is 1. The number of fused-ring (bicyclic) bond motifs is 1. The molecule has 1 atom stereocenters. The maximum Gasteiger partial charge on any atom is 0.243 e. The molecule has 0 saturated carbocycles. The first-order valence-corrected chi connectivity index (χ1v) is 13.5. The third kappa shape index (κ3) is 4.79. The van der Waals surface area contributed by atoms with Gasteiger partial charge in [0.15, 0.2) is 0 Å². The SMILES string of the molecule is CCC1(CC)CC(NC(=O)C2CCN(S(=O)(=O)c3ccc(OC)cc3)CC2)c2ccccc2O1. The van der Waals surface area contributed by atoms with Crippen LogP contribution in [-0.4, -0.2) is 44.4 Å². The van der Waals surface area contributed by atoms with Crippen LogP contribution in [0.4, 0.5) is 0 Å². The lowest BCUT2D eigenvalue weighted by Crippen LogP contribution is -2.47. The number of benzene rings is 2. The summed E-state index contributed by atoms with van der Waals surface area (Å²) in [5.74, 6) is 1.22. The molecule has 7 nitrogen and oxygen atoms in total. The summed E-state index contributed by atoms with van der Waals surface area (Å²) in [6.07, 6.45) is 3.46. The van der Waals surface area contributed by atoms with Crippen molar-refractivity contribution in [3.63, 3.8) is 0 Å². The molecular weight excluding hydrogens is 452 g/mol. The van der Waals surface area contributed by atoms with Crippen molar-refractivity contribution in [3.8, 4) is 11.5 Å². The van der Waals surface area contributed by atoms with Crippen LogP contribution in [0, 0.1) is 5.92 Å². The van der Waals surface area contributed by atoms with Gasteiger partial charge in [0, 0.05) is 31.0 Å². The Kier molecular flexibility index (Phi) is 7.19. The van der Waals surface area contributed by atoms with Gasteiger partial charge in [-0.25, -0.2) is 8.42 Å². The predicted molar refractivity (Wildman–Crippen MR) is 130 cm³/mol. The van der Waals surface area contributed by atoms with Crippen LogP contribution in [0.1, 0.15) is 57.6 Å². The van der Waals surface area contributed by atoms with Gasteiger partial charge in [-0.3, -0.25) is 4.79 Å². The second-order valence-electron chi connectivity index (χ2n) is 9.15. The molecule has 184 valence electrons. The lowest BCUT2D eigenvalue weighted by atomic mass is 9.83. The highest BCUT2D eigenvalue weighted by Crippen LogP contribution is 2.42. The molecule has 0 radical (unpaired) electrons. The number of ether oxygens (including phenoxy) is 2. The van der Waals surface area contributed by atoms with Gasteiger partial charge in [-0.15, -0.1) is 0 Å². The summed E-state index contributed by atoms with van der Waals surface area (Å²) >= 11 is 0. The molecule has 34 heavy (non-hydrogen) atoms. The van der Waals surface area contributed by atoms with Crippen molar-refractivity contribution in [2.75, 3.05) is 20.2 Å². The summed E-state index contributed by atoms with van der Waals surface area (Å²) in [5, 5.41) is 3.27. The van der Waals surface area contributed by atoms with E-state index in [1.807, 2.05) is 24.3 Å². The van der Waals surface area contributed by atoms with Crippen LogP contribution < -0.4 is 14.8 Å². The number of hydrogen-bond donors (Lipinski definition) is 1. The van der Waals surface area contributed by atoms with Gasteiger partial charge in [0.1, 0.15) is 17.1 Å². The van der Waals surface area contributed by atoms with Crippen molar-refractivity contribution in [2.24, 2.45) is 5.92 Å². The van der Waals surface area contributed by atoms with Crippen molar-refractivity contribution >= 4 is 15.9 Å². The number of carbonyl (C=O) groups is 1. The van der Waals surface area contributed by atoms with Crippen molar-refractivity contribution in [1.82, 2.24) is 9.62 Å². The number of methoxy groups -OCH3 is 1. The molecule has 8 heteroatoms. The van der Waals surface area contributed by atoms with Gasteiger partial charge in [-0.05, 0) is 56.0 Å². The molecule has 1 unspecified atom stereocenters. The zero-order valence-electron chi connectivity index (χ0n) is 20.1. The highest BCUT2D eigenvalue weighted by atomic mass is 32.2. The molecule has 1 N–H and O–H groups in total. The first-order valence-electron chi connectivity index (χ1n) is 12.0. The van der Waals surface area contributed by atoms with Crippen molar-refractivity contribution in [3.05, 3.63) is 54.1 Å². The quantitative estimate of drug-likeness (QED) is 0.631. The summed E-state index contributed by atoms with van der Waals surface area (Å²) < 4.78 is 39.0. The number of rotatable bonds is 7. The second kappa shape index (κ2) is 9.96. The molecular formula is C26H34N2O5S. The summed E-state index contributed by atoms with van der Waals surface area (Å²) in [6, 6.07) is 14.2. The summed E-state index contributed by atoms with van der Waals surface area (Å²) in [5.41, 5.74) is 0.718. The minimum Gasteiger partial charge on any atom is -0.497 e. The lowest BCUT2D eigenvalue weighted by molar-refractivity contribution is -0.127. The fraction of sp³-hybridized carbons (Fsp3) is 0.500. The molecule has 0 bridgehead atoms. The standard InChI is InChI=1S/C26H34N2O5S/c1-4-26(5-2)18-23(22-8-6-7-9-24(22)33-26)27-25(29)19-14-16-28(17-15-19)34(30,31)21-12-10-20(32-3)11-13-21/h6-13,19,23H,4-5,14-18H2,1-3H3,(H,27,29).